The SMILES string of the molecule is Cc1ncc(CO)c(C=N[C@H]2CC[NH+](Cc3ccccc3)C2)c1O. The average Bonchev–Trinajstić information content (AvgIpc) is 3.04. The number of rotatable bonds is 5. The van der Waals surface area contributed by atoms with Crippen LogP contribution in [0.2, 0.25) is 0 Å². The topological polar surface area (TPSA) is 70.2 Å². The highest BCUT2D eigenvalue weighted by molar-refractivity contribution is 5.85. The van der Waals surface area contributed by atoms with Crippen LogP contribution in [-0.4, -0.2) is 40.5 Å². The zero-order chi connectivity index (χ0) is 16.9. The van der Waals surface area contributed by atoms with Gasteiger partial charge in [-0.2, -0.15) is 0 Å². The summed E-state index contributed by atoms with van der Waals surface area (Å²) in [5, 5.41) is 19.6. The fourth-order valence-electron chi connectivity index (χ4n) is 3.18. The summed E-state index contributed by atoms with van der Waals surface area (Å²) in [5.74, 6) is 0.108. The van der Waals surface area contributed by atoms with Crippen molar-refractivity contribution in [1.82, 2.24) is 4.98 Å². The molecule has 5 nitrogen and oxygen atoms in total. The zero-order valence-corrected chi connectivity index (χ0v) is 13.9. The van der Waals surface area contributed by atoms with Crippen LogP contribution >= 0.6 is 0 Å². The molecule has 2 atom stereocenters. The van der Waals surface area contributed by atoms with Gasteiger partial charge in [0, 0.05) is 35.5 Å². The molecule has 1 saturated heterocycles. The van der Waals surface area contributed by atoms with Gasteiger partial charge < -0.3 is 15.1 Å². The monoisotopic (exact) mass is 326 g/mol. The Balaban J connectivity index is 1.65. The van der Waals surface area contributed by atoms with Crippen LogP contribution in [0.1, 0.15) is 28.8 Å². The molecule has 2 aromatic rings. The Bertz CT molecular complexity index is 716. The first-order valence-electron chi connectivity index (χ1n) is 8.36. The number of aromatic nitrogens is 1. The summed E-state index contributed by atoms with van der Waals surface area (Å²) in [6.07, 6.45) is 4.33. The molecule has 126 valence electrons. The lowest BCUT2D eigenvalue weighted by Gasteiger charge is -2.12. The van der Waals surface area contributed by atoms with Crippen molar-refractivity contribution in [2.75, 3.05) is 13.1 Å². The van der Waals surface area contributed by atoms with Crippen LogP contribution in [0.5, 0.6) is 5.75 Å². The fraction of sp³-hybridized carbons (Fsp3) is 0.368. The Morgan fingerprint density at radius 2 is 2.12 bits per heavy atom. The van der Waals surface area contributed by atoms with Crippen LogP contribution in [0.15, 0.2) is 41.5 Å². The quantitative estimate of drug-likeness (QED) is 0.714. The van der Waals surface area contributed by atoms with Crippen molar-refractivity contribution in [3.05, 3.63) is 58.9 Å². The fourth-order valence-corrected chi connectivity index (χ4v) is 3.18. The number of hydrogen-bond donors (Lipinski definition) is 3. The van der Waals surface area contributed by atoms with Gasteiger partial charge in [0.05, 0.1) is 18.8 Å². The molecule has 1 aromatic heterocycles. The van der Waals surface area contributed by atoms with Gasteiger partial charge in [-0.15, -0.1) is 0 Å². The summed E-state index contributed by atoms with van der Waals surface area (Å²) < 4.78 is 0. The molecule has 1 unspecified atom stereocenters. The van der Waals surface area contributed by atoms with E-state index in [1.807, 2.05) is 6.07 Å². The molecule has 1 fully saturated rings. The van der Waals surface area contributed by atoms with Gasteiger partial charge in [-0.3, -0.25) is 9.98 Å². The zero-order valence-electron chi connectivity index (χ0n) is 13.9. The lowest BCUT2D eigenvalue weighted by molar-refractivity contribution is -0.901. The molecule has 2 heterocycles. The second-order valence-corrected chi connectivity index (χ2v) is 6.38. The van der Waals surface area contributed by atoms with E-state index in [-0.39, 0.29) is 18.4 Å². The molecular formula is C19H24N3O2+. The van der Waals surface area contributed by atoms with E-state index in [0.717, 1.165) is 26.1 Å². The number of likely N-dealkylation sites (tertiary alicyclic amines) is 1. The number of aromatic hydroxyl groups is 1. The lowest BCUT2D eigenvalue weighted by Crippen LogP contribution is -3.09. The van der Waals surface area contributed by atoms with Gasteiger partial charge >= 0.3 is 0 Å². The number of hydrogen-bond acceptors (Lipinski definition) is 4. The molecule has 0 spiro atoms. The van der Waals surface area contributed by atoms with Crippen molar-refractivity contribution in [1.29, 1.82) is 0 Å². The van der Waals surface area contributed by atoms with Crippen LogP contribution < -0.4 is 4.90 Å². The molecule has 3 rings (SSSR count). The van der Waals surface area contributed by atoms with Crippen molar-refractivity contribution in [2.24, 2.45) is 4.99 Å². The highest BCUT2D eigenvalue weighted by atomic mass is 16.3. The van der Waals surface area contributed by atoms with Gasteiger partial charge in [0.25, 0.3) is 0 Å². The van der Waals surface area contributed by atoms with E-state index < -0.39 is 0 Å². The predicted octanol–water partition coefficient (Wildman–Crippen LogP) is 0.864. The van der Waals surface area contributed by atoms with Crippen LogP contribution in [0.3, 0.4) is 0 Å². The Morgan fingerprint density at radius 1 is 1.33 bits per heavy atom. The third kappa shape index (κ3) is 3.80. The van der Waals surface area contributed by atoms with Crippen LogP contribution in [0.25, 0.3) is 0 Å². The molecule has 0 amide bonds. The maximum Gasteiger partial charge on any atom is 0.145 e. The van der Waals surface area contributed by atoms with E-state index in [1.165, 1.54) is 10.5 Å². The van der Waals surface area contributed by atoms with Crippen molar-refractivity contribution >= 4 is 6.21 Å². The minimum atomic E-state index is -0.155. The maximum atomic E-state index is 10.2. The van der Waals surface area contributed by atoms with E-state index >= 15 is 0 Å². The molecule has 3 N–H and O–H groups in total. The highest BCUT2D eigenvalue weighted by Crippen LogP contribution is 2.22. The van der Waals surface area contributed by atoms with Gasteiger partial charge in [-0.25, -0.2) is 0 Å². The molecule has 0 aliphatic carbocycles. The summed E-state index contributed by atoms with van der Waals surface area (Å²) in [6, 6.07) is 10.8. The van der Waals surface area contributed by atoms with Gasteiger partial charge in [-0.1, -0.05) is 30.3 Å². The van der Waals surface area contributed by atoms with Crippen LogP contribution in [-0.2, 0) is 13.2 Å². The minimum Gasteiger partial charge on any atom is -0.505 e. The number of pyridine rings is 1. The molecule has 1 aromatic carbocycles. The van der Waals surface area contributed by atoms with E-state index in [2.05, 4.69) is 34.2 Å². The number of quaternary nitrogens is 1. The summed E-state index contributed by atoms with van der Waals surface area (Å²) in [5.41, 5.74) is 3.09. The smallest absolute Gasteiger partial charge is 0.145 e. The third-order valence-electron chi connectivity index (χ3n) is 4.59. The second kappa shape index (κ2) is 7.55. The largest absolute Gasteiger partial charge is 0.505 e. The van der Waals surface area contributed by atoms with Crippen LogP contribution in [0, 0.1) is 6.92 Å². The molecule has 24 heavy (non-hydrogen) atoms. The predicted molar refractivity (Wildman–Crippen MR) is 93.4 cm³/mol. The van der Waals surface area contributed by atoms with Gasteiger partial charge in [0.1, 0.15) is 24.9 Å². The van der Waals surface area contributed by atoms with E-state index in [0.29, 0.717) is 16.8 Å². The second-order valence-electron chi connectivity index (χ2n) is 6.38. The molecule has 1 aliphatic rings. The first kappa shape index (κ1) is 16.6. The number of aliphatic hydroxyl groups excluding tert-OH is 1. The third-order valence-corrected chi connectivity index (χ3v) is 4.59. The molecular weight excluding hydrogens is 302 g/mol. The standard InChI is InChI=1S/C19H23N3O2/c1-14-19(24)18(16(13-23)9-20-14)10-21-17-7-8-22(12-17)11-15-5-3-2-4-6-15/h2-6,9-10,17,23-24H,7-8,11-13H2,1H3/p+1/t17-/m0/s1. The van der Waals surface area contributed by atoms with E-state index in [1.54, 1.807) is 19.3 Å². The van der Waals surface area contributed by atoms with Gasteiger partial charge in [-0.05, 0) is 6.92 Å². The normalized spacial score (nSPS) is 20.8. The first-order chi connectivity index (χ1) is 11.7. The summed E-state index contributed by atoms with van der Waals surface area (Å²) in [7, 11) is 0. The highest BCUT2D eigenvalue weighted by Gasteiger charge is 2.25. The van der Waals surface area contributed by atoms with E-state index in [4.69, 9.17) is 0 Å². The Hall–Kier alpha value is -2.24. The Labute approximate surface area is 142 Å². The molecule has 5 heteroatoms. The van der Waals surface area contributed by atoms with Gasteiger partial charge in [0.15, 0.2) is 0 Å². The summed E-state index contributed by atoms with van der Waals surface area (Å²) in [6.45, 7) is 4.71. The van der Waals surface area contributed by atoms with Crippen LogP contribution in [0.4, 0.5) is 0 Å². The van der Waals surface area contributed by atoms with Gasteiger partial charge in [0.2, 0.25) is 0 Å². The number of aryl methyl sites for hydroxylation is 1. The number of aliphatic hydroxyl groups is 1. The molecule has 0 saturated carbocycles. The van der Waals surface area contributed by atoms with Crippen molar-refractivity contribution in [2.45, 2.75) is 32.5 Å². The summed E-state index contributed by atoms with van der Waals surface area (Å²) >= 11 is 0. The minimum absolute atomic E-state index is 0.108. The lowest BCUT2D eigenvalue weighted by atomic mass is 10.1. The Kier molecular flexibility index (Phi) is 5.23. The molecule has 0 radical (unpaired) electrons. The number of aliphatic imine (C=N–C) groups is 1. The molecule has 0 bridgehead atoms. The number of nitrogens with one attached hydrogen (secondary N) is 1. The van der Waals surface area contributed by atoms with E-state index in [9.17, 15) is 10.2 Å². The first-order valence-corrected chi connectivity index (χ1v) is 8.36. The van der Waals surface area contributed by atoms with Crippen molar-refractivity contribution in [3.63, 3.8) is 0 Å². The summed E-state index contributed by atoms with van der Waals surface area (Å²) in [4.78, 5) is 10.3. The number of benzene rings is 1. The molecule has 1 aliphatic heterocycles. The van der Waals surface area contributed by atoms with Crippen molar-refractivity contribution < 1.29 is 15.1 Å². The Morgan fingerprint density at radius 3 is 2.88 bits per heavy atom. The maximum absolute atomic E-state index is 10.2. The van der Waals surface area contributed by atoms with Crippen molar-refractivity contribution in [3.8, 4) is 5.75 Å². The average molecular weight is 326 g/mol. The number of nitrogens with zero attached hydrogens (tertiary/aromatic N) is 2.